The van der Waals surface area contributed by atoms with E-state index >= 15 is 0 Å². The van der Waals surface area contributed by atoms with Gasteiger partial charge in [-0.15, -0.1) is 0 Å². The lowest BCUT2D eigenvalue weighted by atomic mass is 9.95. The van der Waals surface area contributed by atoms with Crippen LogP contribution in [-0.4, -0.2) is 57.7 Å². The molecule has 0 saturated carbocycles. The molecule has 1 atom stereocenters. The second-order valence-electron chi connectivity index (χ2n) is 6.81. The van der Waals surface area contributed by atoms with Crippen molar-refractivity contribution >= 4 is 5.91 Å². The molecule has 8 nitrogen and oxygen atoms in total. The minimum absolute atomic E-state index is 0.0101. The van der Waals surface area contributed by atoms with E-state index in [0.29, 0.717) is 25.5 Å². The maximum atomic E-state index is 13.0. The van der Waals surface area contributed by atoms with E-state index in [9.17, 15) is 4.79 Å². The second-order valence-corrected chi connectivity index (χ2v) is 6.81. The van der Waals surface area contributed by atoms with Crippen molar-refractivity contribution in [2.45, 2.75) is 44.9 Å². The van der Waals surface area contributed by atoms with E-state index in [-0.39, 0.29) is 11.9 Å². The van der Waals surface area contributed by atoms with Gasteiger partial charge in [-0.3, -0.25) is 14.6 Å². The van der Waals surface area contributed by atoms with Gasteiger partial charge in [-0.2, -0.15) is 10.2 Å². The number of aromatic amines is 1. The molecule has 2 aromatic rings. The zero-order valence-electron chi connectivity index (χ0n) is 15.1. The molecule has 140 valence electrons. The first-order valence-corrected chi connectivity index (χ1v) is 9.25. The maximum Gasteiger partial charge on any atom is 0.272 e. The Morgan fingerprint density at radius 3 is 3.19 bits per heavy atom. The summed E-state index contributed by atoms with van der Waals surface area (Å²) in [4.78, 5) is 14.9. The third kappa shape index (κ3) is 3.14. The van der Waals surface area contributed by atoms with Crippen molar-refractivity contribution in [2.24, 2.45) is 0 Å². The van der Waals surface area contributed by atoms with Gasteiger partial charge in [0.05, 0.1) is 38.1 Å². The molecule has 8 heteroatoms. The topological polar surface area (TPSA) is 85.3 Å². The molecule has 2 aromatic heterocycles. The van der Waals surface area contributed by atoms with Crippen LogP contribution in [0.1, 0.15) is 52.7 Å². The van der Waals surface area contributed by atoms with E-state index in [1.807, 2.05) is 9.58 Å². The van der Waals surface area contributed by atoms with Gasteiger partial charge in [0, 0.05) is 37.5 Å². The quantitative estimate of drug-likeness (QED) is 0.878. The van der Waals surface area contributed by atoms with Gasteiger partial charge in [-0.25, -0.2) is 0 Å². The van der Waals surface area contributed by atoms with Crippen LogP contribution in [0.5, 0.6) is 0 Å². The summed E-state index contributed by atoms with van der Waals surface area (Å²) in [6.45, 7) is 3.37. The molecule has 1 unspecified atom stereocenters. The molecule has 0 aromatic carbocycles. The number of nitrogens with zero attached hydrogens (tertiary/aromatic N) is 4. The SMILES string of the molecule is COCCn1nc(C2CCCCN2C(=O)c2ccn[nH]2)c2c1CCOC2. The lowest BCUT2D eigenvalue weighted by Gasteiger charge is -2.35. The first kappa shape index (κ1) is 17.2. The van der Waals surface area contributed by atoms with Crippen molar-refractivity contribution in [3.05, 3.63) is 34.9 Å². The summed E-state index contributed by atoms with van der Waals surface area (Å²) in [5.41, 5.74) is 3.90. The Bertz CT molecular complexity index is 755. The Morgan fingerprint density at radius 2 is 2.38 bits per heavy atom. The van der Waals surface area contributed by atoms with Crippen LogP contribution in [0.25, 0.3) is 0 Å². The van der Waals surface area contributed by atoms with Gasteiger partial charge in [0.1, 0.15) is 5.69 Å². The summed E-state index contributed by atoms with van der Waals surface area (Å²) >= 11 is 0. The standard InChI is InChI=1S/C18H25N5O3/c1-25-11-9-23-15-6-10-26-12-13(15)17(21-23)16-4-2-3-8-22(16)18(24)14-5-7-19-20-14/h5,7,16H,2-4,6,8-12H2,1H3,(H,19,20). The van der Waals surface area contributed by atoms with Crippen LogP contribution in [0.3, 0.4) is 0 Å². The smallest absolute Gasteiger partial charge is 0.272 e. The first-order valence-electron chi connectivity index (χ1n) is 9.25. The molecule has 2 aliphatic heterocycles. The van der Waals surface area contributed by atoms with E-state index in [1.165, 1.54) is 5.69 Å². The highest BCUT2D eigenvalue weighted by molar-refractivity contribution is 5.92. The summed E-state index contributed by atoms with van der Waals surface area (Å²) in [5.74, 6) is -0.0101. The molecule has 2 aliphatic rings. The maximum absolute atomic E-state index is 13.0. The van der Waals surface area contributed by atoms with Gasteiger partial charge in [0.2, 0.25) is 0 Å². The number of H-pyrrole nitrogens is 1. The van der Waals surface area contributed by atoms with Crippen molar-refractivity contribution in [2.75, 3.05) is 26.9 Å². The fourth-order valence-corrected chi connectivity index (χ4v) is 3.95. The molecular formula is C18H25N5O3. The van der Waals surface area contributed by atoms with Crippen molar-refractivity contribution in [1.29, 1.82) is 0 Å². The number of carbonyl (C=O) groups is 1. The molecular weight excluding hydrogens is 334 g/mol. The van der Waals surface area contributed by atoms with Crippen molar-refractivity contribution in [3.63, 3.8) is 0 Å². The summed E-state index contributed by atoms with van der Waals surface area (Å²) in [6.07, 6.45) is 5.50. The molecule has 1 fully saturated rings. The van der Waals surface area contributed by atoms with E-state index in [1.54, 1.807) is 19.4 Å². The third-order valence-corrected chi connectivity index (χ3v) is 5.24. The van der Waals surface area contributed by atoms with Gasteiger partial charge in [0.15, 0.2) is 0 Å². The van der Waals surface area contributed by atoms with Gasteiger partial charge in [-0.05, 0) is 25.3 Å². The summed E-state index contributed by atoms with van der Waals surface area (Å²) < 4.78 is 13.0. The van der Waals surface area contributed by atoms with Crippen LogP contribution in [-0.2, 0) is 29.0 Å². The number of carbonyl (C=O) groups excluding carboxylic acids is 1. The van der Waals surface area contributed by atoms with E-state index in [0.717, 1.165) is 50.0 Å². The molecule has 4 heterocycles. The number of hydrogen-bond acceptors (Lipinski definition) is 5. The largest absolute Gasteiger partial charge is 0.383 e. The van der Waals surface area contributed by atoms with E-state index < -0.39 is 0 Å². The van der Waals surface area contributed by atoms with Gasteiger partial charge in [-0.1, -0.05) is 0 Å². The molecule has 1 amide bonds. The Hall–Kier alpha value is -2.19. The van der Waals surface area contributed by atoms with E-state index in [4.69, 9.17) is 14.6 Å². The normalized spacial score (nSPS) is 20.2. The fourth-order valence-electron chi connectivity index (χ4n) is 3.95. The van der Waals surface area contributed by atoms with Crippen LogP contribution in [0.4, 0.5) is 0 Å². The summed E-state index contributed by atoms with van der Waals surface area (Å²) in [7, 11) is 1.70. The predicted octanol–water partition coefficient (Wildman–Crippen LogP) is 1.69. The number of likely N-dealkylation sites (tertiary alicyclic amines) is 1. The minimum atomic E-state index is -0.0150. The molecule has 1 saturated heterocycles. The average molecular weight is 359 g/mol. The molecule has 4 rings (SSSR count). The van der Waals surface area contributed by atoms with Crippen LogP contribution in [0, 0.1) is 0 Å². The molecule has 1 N–H and O–H groups in total. The van der Waals surface area contributed by atoms with Gasteiger partial charge >= 0.3 is 0 Å². The number of hydrogen-bond donors (Lipinski definition) is 1. The minimum Gasteiger partial charge on any atom is -0.383 e. The number of aromatic nitrogens is 4. The Kier molecular flexibility index (Phi) is 5.03. The van der Waals surface area contributed by atoms with Crippen molar-refractivity contribution < 1.29 is 14.3 Å². The van der Waals surface area contributed by atoms with Gasteiger partial charge in [0.25, 0.3) is 5.91 Å². The van der Waals surface area contributed by atoms with Crippen LogP contribution in [0.2, 0.25) is 0 Å². The number of ether oxygens (including phenoxy) is 2. The first-order chi connectivity index (χ1) is 12.8. The number of fused-ring (bicyclic) bond motifs is 1. The number of amides is 1. The summed E-state index contributed by atoms with van der Waals surface area (Å²) in [6, 6.07) is 1.71. The number of rotatable bonds is 5. The van der Waals surface area contributed by atoms with Crippen molar-refractivity contribution in [3.8, 4) is 0 Å². The zero-order valence-corrected chi connectivity index (χ0v) is 15.1. The lowest BCUT2D eigenvalue weighted by molar-refractivity contribution is 0.0590. The van der Waals surface area contributed by atoms with Crippen LogP contribution >= 0.6 is 0 Å². The highest BCUT2D eigenvalue weighted by Crippen LogP contribution is 2.35. The Morgan fingerprint density at radius 1 is 1.46 bits per heavy atom. The highest BCUT2D eigenvalue weighted by atomic mass is 16.5. The summed E-state index contributed by atoms with van der Waals surface area (Å²) in [5, 5.41) is 11.6. The van der Waals surface area contributed by atoms with Crippen molar-refractivity contribution in [1.82, 2.24) is 24.9 Å². The zero-order chi connectivity index (χ0) is 17.9. The Balaban J connectivity index is 1.68. The third-order valence-electron chi connectivity index (χ3n) is 5.24. The highest BCUT2D eigenvalue weighted by Gasteiger charge is 2.34. The molecule has 0 aliphatic carbocycles. The van der Waals surface area contributed by atoms with Crippen LogP contribution in [0.15, 0.2) is 12.3 Å². The number of nitrogens with one attached hydrogen (secondary N) is 1. The van der Waals surface area contributed by atoms with Crippen LogP contribution < -0.4 is 0 Å². The molecule has 0 radical (unpaired) electrons. The number of methoxy groups -OCH3 is 1. The van der Waals surface area contributed by atoms with E-state index in [2.05, 4.69) is 10.2 Å². The average Bonchev–Trinajstić information content (AvgIpc) is 3.34. The molecule has 0 bridgehead atoms. The second kappa shape index (κ2) is 7.59. The predicted molar refractivity (Wildman–Crippen MR) is 93.7 cm³/mol. The Labute approximate surface area is 152 Å². The molecule has 26 heavy (non-hydrogen) atoms. The van der Waals surface area contributed by atoms with Gasteiger partial charge < -0.3 is 14.4 Å². The fraction of sp³-hybridized carbons (Fsp3) is 0.611. The molecule has 0 spiro atoms. The number of piperidine rings is 1. The monoisotopic (exact) mass is 359 g/mol. The lowest BCUT2D eigenvalue weighted by Crippen LogP contribution is -2.39.